The third kappa shape index (κ3) is 7.33. The number of hydrogen-bond acceptors (Lipinski definition) is 6. The van der Waals surface area contributed by atoms with E-state index in [1.54, 1.807) is 36.2 Å². The topological polar surface area (TPSA) is 88.2 Å². The Labute approximate surface area is 178 Å². The highest BCUT2D eigenvalue weighted by Crippen LogP contribution is 2.20. The highest BCUT2D eigenvalue weighted by Gasteiger charge is 2.26. The molecule has 1 N–H and O–H groups in total. The Morgan fingerprint density at radius 1 is 1.23 bits per heavy atom. The molecule has 2 amide bonds. The van der Waals surface area contributed by atoms with E-state index in [2.05, 4.69) is 10.2 Å². The predicted molar refractivity (Wildman–Crippen MR) is 114 cm³/mol. The quantitative estimate of drug-likeness (QED) is 0.713. The highest BCUT2D eigenvalue weighted by atomic mass is 16.6. The number of ether oxygens (including phenoxy) is 2. The number of benzene rings is 1. The average molecular weight is 420 g/mol. The van der Waals surface area contributed by atoms with Crippen molar-refractivity contribution in [2.24, 2.45) is 5.92 Å². The zero-order valence-corrected chi connectivity index (χ0v) is 18.6. The summed E-state index contributed by atoms with van der Waals surface area (Å²) in [6.45, 7) is 7.88. The van der Waals surface area contributed by atoms with Gasteiger partial charge in [0.25, 0.3) is 0 Å². The van der Waals surface area contributed by atoms with Gasteiger partial charge in [-0.1, -0.05) is 12.1 Å². The van der Waals surface area contributed by atoms with Crippen molar-refractivity contribution in [3.8, 4) is 0 Å². The molecule has 0 radical (unpaired) electrons. The van der Waals surface area contributed by atoms with Crippen molar-refractivity contribution >= 4 is 23.7 Å². The number of carbonyl (C=O) groups excluding carboxylic acids is 3. The molecule has 0 spiro atoms. The highest BCUT2D eigenvalue weighted by molar-refractivity contribution is 6.01. The van der Waals surface area contributed by atoms with E-state index >= 15 is 0 Å². The summed E-state index contributed by atoms with van der Waals surface area (Å²) < 4.78 is 10.2. The Kier molecular flexibility index (Phi) is 8.23. The molecule has 1 aromatic carbocycles. The van der Waals surface area contributed by atoms with Gasteiger partial charge >= 0.3 is 12.1 Å². The fraction of sp³-hybridized carbons (Fsp3) is 0.591. The minimum atomic E-state index is -0.525. The first-order valence-electron chi connectivity index (χ1n) is 10.2. The molecule has 1 aliphatic rings. The van der Waals surface area contributed by atoms with Crippen molar-refractivity contribution < 1.29 is 23.9 Å². The van der Waals surface area contributed by atoms with Crippen LogP contribution in [0.15, 0.2) is 24.3 Å². The van der Waals surface area contributed by atoms with Crippen molar-refractivity contribution in [1.82, 2.24) is 9.80 Å². The summed E-state index contributed by atoms with van der Waals surface area (Å²) in [7, 11) is 3.05. The van der Waals surface area contributed by atoms with E-state index in [0.29, 0.717) is 17.8 Å². The van der Waals surface area contributed by atoms with Crippen molar-refractivity contribution in [1.29, 1.82) is 0 Å². The van der Waals surface area contributed by atoms with Crippen molar-refractivity contribution in [2.75, 3.05) is 45.7 Å². The van der Waals surface area contributed by atoms with Crippen LogP contribution in [0.25, 0.3) is 0 Å². The molecule has 2 rings (SSSR count). The smallest absolute Gasteiger partial charge is 0.410 e. The van der Waals surface area contributed by atoms with Crippen molar-refractivity contribution in [3.05, 3.63) is 29.8 Å². The fourth-order valence-corrected chi connectivity index (χ4v) is 3.52. The zero-order valence-electron chi connectivity index (χ0n) is 18.6. The summed E-state index contributed by atoms with van der Waals surface area (Å²) in [6.07, 6.45) is 1.62. The number of amides is 2. The van der Waals surface area contributed by atoms with Gasteiger partial charge < -0.3 is 19.7 Å². The molecular formula is C22H33N3O5. The van der Waals surface area contributed by atoms with Gasteiger partial charge in [0.1, 0.15) is 5.60 Å². The number of nitrogens with zero attached hydrogens (tertiary/aromatic N) is 2. The molecule has 1 aliphatic heterocycles. The van der Waals surface area contributed by atoms with E-state index in [9.17, 15) is 14.4 Å². The number of anilines is 1. The van der Waals surface area contributed by atoms with E-state index in [0.717, 1.165) is 25.9 Å². The molecule has 1 heterocycles. The van der Waals surface area contributed by atoms with Gasteiger partial charge in [0, 0.05) is 20.1 Å². The summed E-state index contributed by atoms with van der Waals surface area (Å²) in [5.74, 6) is -0.409. The molecular weight excluding hydrogens is 386 g/mol. The maximum Gasteiger partial charge on any atom is 0.410 e. The van der Waals surface area contributed by atoms with Gasteiger partial charge in [-0.25, -0.2) is 9.59 Å². The number of likely N-dealkylation sites (tertiary alicyclic amines) is 1. The fourth-order valence-electron chi connectivity index (χ4n) is 3.52. The number of hydrogen-bond donors (Lipinski definition) is 1. The van der Waals surface area contributed by atoms with E-state index in [1.807, 2.05) is 20.8 Å². The minimum Gasteiger partial charge on any atom is -0.465 e. The lowest BCUT2D eigenvalue weighted by Gasteiger charge is -2.34. The molecule has 0 saturated carbocycles. The first-order valence-corrected chi connectivity index (χ1v) is 10.2. The molecule has 166 valence electrons. The number of carbonyl (C=O) groups is 3. The van der Waals surface area contributed by atoms with Gasteiger partial charge in [0.05, 0.1) is 24.9 Å². The Morgan fingerprint density at radius 3 is 2.60 bits per heavy atom. The third-order valence-electron chi connectivity index (χ3n) is 4.81. The van der Waals surface area contributed by atoms with Gasteiger partial charge in [-0.3, -0.25) is 9.69 Å². The standard InChI is InChI=1S/C22H33N3O5/c1-22(2,3)30-21(28)24(4)13-16-9-8-12-25(14-16)15-19(26)23-18-11-7-6-10-17(18)20(27)29-5/h6-7,10-11,16H,8-9,12-15H2,1-5H3,(H,23,26). The molecule has 1 atom stereocenters. The van der Waals surface area contributed by atoms with Gasteiger partial charge in [-0.05, 0) is 58.2 Å². The van der Waals surface area contributed by atoms with Crippen LogP contribution >= 0.6 is 0 Å². The van der Waals surface area contributed by atoms with Crippen LogP contribution in [-0.4, -0.2) is 73.7 Å². The van der Waals surface area contributed by atoms with Gasteiger partial charge in [-0.15, -0.1) is 0 Å². The number of nitrogens with one attached hydrogen (secondary N) is 1. The monoisotopic (exact) mass is 419 g/mol. The second-order valence-corrected chi connectivity index (χ2v) is 8.69. The summed E-state index contributed by atoms with van der Waals surface area (Å²) in [6, 6.07) is 6.77. The molecule has 1 aromatic rings. The van der Waals surface area contributed by atoms with Crippen LogP contribution in [0.1, 0.15) is 44.0 Å². The average Bonchev–Trinajstić information content (AvgIpc) is 2.66. The summed E-state index contributed by atoms with van der Waals surface area (Å²) in [5, 5.41) is 2.81. The molecule has 1 saturated heterocycles. The predicted octanol–water partition coefficient (Wildman–Crippen LogP) is 2.99. The molecule has 8 nitrogen and oxygen atoms in total. The second kappa shape index (κ2) is 10.4. The Balaban J connectivity index is 1.88. The van der Waals surface area contributed by atoms with Crippen LogP contribution in [0.5, 0.6) is 0 Å². The van der Waals surface area contributed by atoms with Crippen LogP contribution in [0, 0.1) is 5.92 Å². The lowest BCUT2D eigenvalue weighted by Crippen LogP contribution is -2.45. The van der Waals surface area contributed by atoms with Crippen LogP contribution in [-0.2, 0) is 14.3 Å². The molecule has 0 bridgehead atoms. The van der Waals surface area contributed by atoms with E-state index in [1.165, 1.54) is 7.11 Å². The van der Waals surface area contributed by atoms with E-state index in [4.69, 9.17) is 9.47 Å². The van der Waals surface area contributed by atoms with Crippen LogP contribution in [0.4, 0.5) is 10.5 Å². The number of methoxy groups -OCH3 is 1. The lowest BCUT2D eigenvalue weighted by molar-refractivity contribution is -0.117. The number of rotatable bonds is 6. The Hall–Kier alpha value is -2.61. The van der Waals surface area contributed by atoms with Crippen molar-refractivity contribution in [2.45, 2.75) is 39.2 Å². The number of piperidine rings is 1. The van der Waals surface area contributed by atoms with E-state index < -0.39 is 11.6 Å². The van der Waals surface area contributed by atoms with Gasteiger partial charge in [0.15, 0.2) is 0 Å². The van der Waals surface area contributed by atoms with Crippen LogP contribution in [0.3, 0.4) is 0 Å². The lowest BCUT2D eigenvalue weighted by atomic mass is 9.97. The van der Waals surface area contributed by atoms with Gasteiger partial charge in [-0.2, -0.15) is 0 Å². The maximum absolute atomic E-state index is 12.5. The third-order valence-corrected chi connectivity index (χ3v) is 4.81. The second-order valence-electron chi connectivity index (χ2n) is 8.69. The molecule has 30 heavy (non-hydrogen) atoms. The van der Waals surface area contributed by atoms with Gasteiger partial charge in [0.2, 0.25) is 5.91 Å². The Bertz CT molecular complexity index is 759. The Morgan fingerprint density at radius 2 is 1.93 bits per heavy atom. The van der Waals surface area contributed by atoms with E-state index in [-0.39, 0.29) is 24.5 Å². The summed E-state index contributed by atoms with van der Waals surface area (Å²) >= 11 is 0. The minimum absolute atomic E-state index is 0.188. The first kappa shape index (κ1) is 23.7. The number of esters is 1. The molecule has 0 aliphatic carbocycles. The molecule has 1 unspecified atom stereocenters. The molecule has 8 heteroatoms. The van der Waals surface area contributed by atoms with Crippen molar-refractivity contribution in [3.63, 3.8) is 0 Å². The maximum atomic E-state index is 12.5. The first-order chi connectivity index (χ1) is 14.1. The summed E-state index contributed by atoms with van der Waals surface area (Å²) in [5.41, 5.74) is 0.235. The zero-order chi connectivity index (χ0) is 22.3. The number of para-hydroxylation sites is 1. The van der Waals surface area contributed by atoms with Crippen LogP contribution < -0.4 is 5.32 Å². The van der Waals surface area contributed by atoms with Crippen LogP contribution in [0.2, 0.25) is 0 Å². The SMILES string of the molecule is COC(=O)c1ccccc1NC(=O)CN1CCCC(CN(C)C(=O)OC(C)(C)C)C1. The molecule has 0 aromatic heterocycles. The largest absolute Gasteiger partial charge is 0.465 e. The summed E-state index contributed by atoms with van der Waals surface area (Å²) in [4.78, 5) is 40.3. The normalized spacial score (nSPS) is 17.2. The molecule has 1 fully saturated rings.